The molecule has 0 atom stereocenters. The van der Waals surface area contributed by atoms with Crippen LogP contribution >= 0.6 is 6.89 Å². The summed E-state index contributed by atoms with van der Waals surface area (Å²) < 4.78 is 0. The van der Waals surface area contributed by atoms with E-state index in [0.29, 0.717) is 5.29 Å². The largest absolute Gasteiger partial charge is 0.348 e. The van der Waals surface area contributed by atoms with E-state index in [-0.39, 0.29) is 5.78 Å². The maximum atomic E-state index is 12.5. The molecule has 0 heterocycles. The van der Waals surface area contributed by atoms with Crippen LogP contribution in [0.15, 0.2) is 91.0 Å². The van der Waals surface area contributed by atoms with Gasteiger partial charge in [0.05, 0.1) is 0 Å². The summed E-state index contributed by atoms with van der Waals surface area (Å²) in [7, 11) is 0. The molecule has 0 radical (unpaired) electrons. The van der Waals surface area contributed by atoms with Crippen LogP contribution in [0.1, 0.15) is 13.8 Å². The van der Waals surface area contributed by atoms with Gasteiger partial charge in [-0.15, -0.1) is 0 Å². The Kier molecular flexibility index (Phi) is 8.63. The number of Topliss-reactive ketones (excluding diaryl/α,β-unsaturated/α-hetero) is 2. The molecule has 0 bridgehead atoms. The Morgan fingerprint density at radius 2 is 1.06 bits per heavy atom. The van der Waals surface area contributed by atoms with Gasteiger partial charge in [0, 0.05) is 6.92 Å². The summed E-state index contributed by atoms with van der Waals surface area (Å²) >= 11 is 0. The highest BCUT2D eigenvalue weighted by molar-refractivity contribution is 7.96. The third kappa shape index (κ3) is 5.52. The van der Waals surface area contributed by atoms with E-state index >= 15 is 0 Å². The van der Waals surface area contributed by atoms with Crippen molar-refractivity contribution in [1.82, 2.24) is 0 Å². The molecule has 3 rings (SSSR count). The van der Waals surface area contributed by atoms with E-state index in [1.807, 2.05) is 91.0 Å². The molecular weight excluding hydrogens is 435 g/mol. The molecule has 7 heteroatoms. The van der Waals surface area contributed by atoms with Gasteiger partial charge in [-0.3, -0.25) is 9.59 Å². The smallest absolute Gasteiger partial charge is 0.315 e. The van der Waals surface area contributed by atoms with Crippen molar-refractivity contribution in [3.05, 3.63) is 91.0 Å². The third-order valence-corrected chi connectivity index (χ3v) is 9.16. The summed E-state index contributed by atoms with van der Waals surface area (Å²) in [4.78, 5) is 22.5. The maximum absolute atomic E-state index is 12.5. The second-order valence-electron chi connectivity index (χ2n) is 7.03. The van der Waals surface area contributed by atoms with Gasteiger partial charge in [-0.25, -0.2) is 0 Å². The van der Waals surface area contributed by atoms with Crippen LogP contribution in [0, 0.1) is 22.7 Å². The number of carbonyl (C=O) groups is 2. The monoisotopic (exact) mass is 458 g/mol. The van der Waals surface area contributed by atoms with Gasteiger partial charge in [0.1, 0.15) is 17.4 Å². The van der Waals surface area contributed by atoms with Crippen LogP contribution in [0.2, 0.25) is 0 Å². The fourth-order valence-corrected chi connectivity index (χ4v) is 7.41. The average molecular weight is 458 g/mol. The molecule has 166 valence electrons. The van der Waals surface area contributed by atoms with Crippen LogP contribution in [0.5, 0.6) is 0 Å². The van der Waals surface area contributed by atoms with E-state index in [1.54, 1.807) is 0 Å². The zero-order valence-electron chi connectivity index (χ0n) is 18.2. The normalized spacial score (nSPS) is 10.6. The van der Waals surface area contributed by atoms with E-state index in [4.69, 9.17) is 15.5 Å². The quantitative estimate of drug-likeness (QED) is 0.343. The highest BCUT2D eigenvalue weighted by atomic mass is 31.2. The van der Waals surface area contributed by atoms with Gasteiger partial charge in [-0.05, 0) is 29.7 Å². The number of hydrogen-bond acceptors (Lipinski definition) is 6. The van der Waals surface area contributed by atoms with Gasteiger partial charge in [-0.1, -0.05) is 91.0 Å². The molecule has 0 aliphatic carbocycles. The lowest BCUT2D eigenvalue weighted by atomic mass is 10.2. The molecule has 33 heavy (non-hydrogen) atoms. The van der Waals surface area contributed by atoms with Crippen molar-refractivity contribution in [3.8, 4) is 12.1 Å². The minimum atomic E-state index is -2.79. The predicted molar refractivity (Wildman–Crippen MR) is 130 cm³/mol. The molecule has 0 amide bonds. The van der Waals surface area contributed by atoms with E-state index < -0.39 is 18.5 Å². The summed E-state index contributed by atoms with van der Waals surface area (Å²) in [5, 5.41) is 37.6. The standard InChI is InChI=1S/C22H18NOP.C4H5NO3/c1-18(24)22(17-23)25(19-11-5-2-6-12-19,20-13-7-3-8-14-20)21-15-9-4-10-16-21;1-3(6)4(7,8)2-5/h2-16H,1H3;7-8H,1H3. The summed E-state index contributed by atoms with van der Waals surface area (Å²) in [5.74, 6) is -3.94. The van der Waals surface area contributed by atoms with Crippen molar-refractivity contribution in [2.45, 2.75) is 19.6 Å². The molecule has 0 fully saturated rings. The van der Waals surface area contributed by atoms with E-state index in [0.717, 1.165) is 28.9 Å². The number of rotatable bonds is 5. The van der Waals surface area contributed by atoms with Crippen LogP contribution in [-0.4, -0.2) is 32.9 Å². The Labute approximate surface area is 193 Å². The topological polar surface area (TPSA) is 122 Å². The zero-order chi connectivity index (χ0) is 24.5. The highest BCUT2D eigenvalue weighted by Crippen LogP contribution is 2.46. The Hall–Kier alpha value is -3.80. The summed E-state index contributed by atoms with van der Waals surface area (Å²) in [6.07, 6.45) is 0. The van der Waals surface area contributed by atoms with Gasteiger partial charge in [0.15, 0.2) is 5.78 Å². The zero-order valence-corrected chi connectivity index (χ0v) is 19.1. The van der Waals surface area contributed by atoms with Crippen molar-refractivity contribution in [2.24, 2.45) is 0 Å². The summed E-state index contributed by atoms with van der Waals surface area (Å²) in [5.41, 5.74) is 0. The Balaban J connectivity index is 0.000000414. The summed E-state index contributed by atoms with van der Waals surface area (Å²) in [6.45, 7) is -0.105. The minimum Gasteiger partial charge on any atom is -0.348 e. The molecule has 6 nitrogen and oxygen atoms in total. The molecule has 0 unspecified atom stereocenters. The van der Waals surface area contributed by atoms with Gasteiger partial charge >= 0.3 is 5.79 Å². The molecule has 0 aromatic heterocycles. The van der Waals surface area contributed by atoms with Crippen molar-refractivity contribution in [1.29, 1.82) is 10.5 Å². The highest BCUT2D eigenvalue weighted by Gasteiger charge is 2.31. The van der Waals surface area contributed by atoms with Gasteiger partial charge in [0.25, 0.3) is 0 Å². The minimum absolute atomic E-state index is 0.174. The second kappa shape index (κ2) is 11.2. The molecule has 3 aromatic carbocycles. The van der Waals surface area contributed by atoms with E-state index in [9.17, 15) is 14.9 Å². The van der Waals surface area contributed by atoms with Crippen molar-refractivity contribution < 1.29 is 19.8 Å². The lowest BCUT2D eigenvalue weighted by Gasteiger charge is -2.29. The third-order valence-electron chi connectivity index (χ3n) is 4.85. The van der Waals surface area contributed by atoms with E-state index in [1.165, 1.54) is 6.92 Å². The predicted octanol–water partition coefficient (Wildman–Crippen LogP) is 2.05. The SMILES string of the molecule is CC(=O)C(C#N)=P(c1ccccc1)(c1ccccc1)c1ccccc1.CC(=O)C(O)(O)C#N. The fourth-order valence-electron chi connectivity index (χ4n) is 3.26. The van der Waals surface area contributed by atoms with Crippen molar-refractivity contribution in [3.63, 3.8) is 0 Å². The summed E-state index contributed by atoms with van der Waals surface area (Å²) in [6, 6.07) is 33.0. The number of nitrogens with zero attached hydrogens (tertiary/aromatic N) is 2. The Morgan fingerprint density at radius 1 is 0.727 bits per heavy atom. The fraction of sp³-hybridized carbons (Fsp3) is 0.115. The molecule has 0 spiro atoms. The first-order valence-electron chi connectivity index (χ1n) is 9.93. The molecule has 0 saturated carbocycles. The van der Waals surface area contributed by atoms with Gasteiger partial charge in [-0.2, -0.15) is 10.5 Å². The van der Waals surface area contributed by atoms with Crippen molar-refractivity contribution >= 4 is 39.7 Å². The van der Waals surface area contributed by atoms with Crippen LogP contribution in [0.25, 0.3) is 0 Å². The van der Waals surface area contributed by atoms with Crippen LogP contribution in [0.3, 0.4) is 0 Å². The lowest BCUT2D eigenvalue weighted by molar-refractivity contribution is -0.160. The number of carbonyl (C=O) groups excluding carboxylic acids is 2. The molecule has 0 saturated heterocycles. The number of hydrogen-bond donors (Lipinski definition) is 2. The first kappa shape index (κ1) is 25.5. The molecule has 0 aliphatic heterocycles. The number of nitriles is 2. The average Bonchev–Trinajstić information content (AvgIpc) is 2.84. The van der Waals surface area contributed by atoms with Crippen LogP contribution in [0.4, 0.5) is 0 Å². The molecule has 3 aromatic rings. The van der Waals surface area contributed by atoms with E-state index in [2.05, 4.69) is 6.07 Å². The first-order chi connectivity index (χ1) is 15.7. The van der Waals surface area contributed by atoms with Gasteiger partial charge in [0.2, 0.25) is 5.78 Å². The van der Waals surface area contributed by atoms with Crippen molar-refractivity contribution in [2.75, 3.05) is 0 Å². The number of ketones is 2. The number of benzene rings is 3. The number of aliphatic hydroxyl groups is 2. The molecule has 2 N–H and O–H groups in total. The molecular formula is C26H23N2O4P. The Morgan fingerprint density at radius 3 is 1.24 bits per heavy atom. The lowest BCUT2D eigenvalue weighted by Crippen LogP contribution is -2.34. The molecule has 0 aliphatic rings. The maximum Gasteiger partial charge on any atom is 0.315 e. The van der Waals surface area contributed by atoms with Crippen LogP contribution < -0.4 is 15.9 Å². The second-order valence-corrected chi connectivity index (χ2v) is 10.4. The first-order valence-corrected chi connectivity index (χ1v) is 11.7. The van der Waals surface area contributed by atoms with Gasteiger partial charge < -0.3 is 10.2 Å². The Bertz CT molecular complexity index is 1150. The van der Waals surface area contributed by atoms with Crippen LogP contribution in [-0.2, 0) is 9.59 Å².